The molecule has 1 saturated heterocycles. The van der Waals surface area contributed by atoms with E-state index >= 15 is 0 Å². The molecule has 0 aromatic carbocycles. The van der Waals surface area contributed by atoms with Gasteiger partial charge in [-0.05, 0) is 19.9 Å². The van der Waals surface area contributed by atoms with Gasteiger partial charge in [0.25, 0.3) is 0 Å². The SMILES string of the molecule is CCC(C)C(CN)N1CCN(C)CC1C. The fourth-order valence-electron chi connectivity index (χ4n) is 2.61. The molecule has 0 amide bonds. The lowest BCUT2D eigenvalue weighted by atomic mass is 9.95. The third kappa shape index (κ3) is 3.16. The van der Waals surface area contributed by atoms with Gasteiger partial charge in [-0.1, -0.05) is 20.3 Å². The van der Waals surface area contributed by atoms with E-state index in [9.17, 15) is 0 Å². The zero-order valence-corrected chi connectivity index (χ0v) is 10.7. The van der Waals surface area contributed by atoms with Crippen molar-refractivity contribution >= 4 is 0 Å². The Morgan fingerprint density at radius 3 is 2.53 bits per heavy atom. The van der Waals surface area contributed by atoms with Crippen LogP contribution >= 0.6 is 0 Å². The molecule has 3 heteroatoms. The number of hydrogen-bond acceptors (Lipinski definition) is 3. The first-order valence-corrected chi connectivity index (χ1v) is 6.24. The van der Waals surface area contributed by atoms with Gasteiger partial charge in [0.2, 0.25) is 0 Å². The fraction of sp³-hybridized carbons (Fsp3) is 1.00. The van der Waals surface area contributed by atoms with E-state index < -0.39 is 0 Å². The summed E-state index contributed by atoms with van der Waals surface area (Å²) in [6, 6.07) is 1.21. The summed E-state index contributed by atoms with van der Waals surface area (Å²) in [6.07, 6.45) is 1.22. The van der Waals surface area contributed by atoms with Gasteiger partial charge in [-0.3, -0.25) is 4.90 Å². The largest absolute Gasteiger partial charge is 0.329 e. The second-order valence-corrected chi connectivity index (χ2v) is 5.04. The van der Waals surface area contributed by atoms with Crippen LogP contribution in [0.1, 0.15) is 27.2 Å². The first-order chi connectivity index (χ1) is 7.10. The Kier molecular flexibility index (Phi) is 5.03. The Hall–Kier alpha value is -0.120. The highest BCUT2D eigenvalue weighted by Gasteiger charge is 2.29. The van der Waals surface area contributed by atoms with Gasteiger partial charge in [0, 0.05) is 38.3 Å². The van der Waals surface area contributed by atoms with Crippen LogP contribution in [0.3, 0.4) is 0 Å². The van der Waals surface area contributed by atoms with Crippen LogP contribution in [0.4, 0.5) is 0 Å². The van der Waals surface area contributed by atoms with E-state index in [-0.39, 0.29) is 0 Å². The van der Waals surface area contributed by atoms with Crippen LogP contribution in [0.25, 0.3) is 0 Å². The molecular weight excluding hydrogens is 186 g/mol. The van der Waals surface area contributed by atoms with E-state index in [0.29, 0.717) is 18.0 Å². The summed E-state index contributed by atoms with van der Waals surface area (Å²) in [7, 11) is 2.20. The molecule has 3 nitrogen and oxygen atoms in total. The average molecular weight is 213 g/mol. The zero-order valence-electron chi connectivity index (χ0n) is 10.7. The minimum atomic E-state index is 0.568. The van der Waals surface area contributed by atoms with Crippen molar-refractivity contribution in [2.24, 2.45) is 11.7 Å². The molecule has 90 valence electrons. The van der Waals surface area contributed by atoms with Crippen molar-refractivity contribution in [3.63, 3.8) is 0 Å². The van der Waals surface area contributed by atoms with Gasteiger partial charge in [0.1, 0.15) is 0 Å². The number of hydrogen-bond donors (Lipinski definition) is 1. The highest BCUT2D eigenvalue weighted by atomic mass is 15.3. The van der Waals surface area contributed by atoms with Crippen LogP contribution in [0.5, 0.6) is 0 Å². The molecule has 1 rings (SSSR count). The van der Waals surface area contributed by atoms with Crippen LogP contribution in [0.15, 0.2) is 0 Å². The lowest BCUT2D eigenvalue weighted by Crippen LogP contribution is -2.57. The lowest BCUT2D eigenvalue weighted by molar-refractivity contribution is 0.0420. The normalized spacial score (nSPS) is 29.0. The second-order valence-electron chi connectivity index (χ2n) is 5.04. The summed E-state index contributed by atoms with van der Waals surface area (Å²) in [4.78, 5) is 5.01. The minimum Gasteiger partial charge on any atom is -0.329 e. The van der Waals surface area contributed by atoms with Crippen LogP contribution in [0.2, 0.25) is 0 Å². The van der Waals surface area contributed by atoms with Crippen molar-refractivity contribution in [3.8, 4) is 0 Å². The fourth-order valence-corrected chi connectivity index (χ4v) is 2.61. The molecule has 0 radical (unpaired) electrons. The Morgan fingerprint density at radius 1 is 1.40 bits per heavy atom. The molecule has 1 fully saturated rings. The maximum absolute atomic E-state index is 5.92. The topological polar surface area (TPSA) is 32.5 Å². The first kappa shape index (κ1) is 12.9. The predicted molar refractivity (Wildman–Crippen MR) is 66.0 cm³/mol. The summed E-state index contributed by atoms with van der Waals surface area (Å²) < 4.78 is 0. The zero-order chi connectivity index (χ0) is 11.4. The number of piperazine rings is 1. The van der Waals surface area contributed by atoms with E-state index in [1.54, 1.807) is 0 Å². The van der Waals surface area contributed by atoms with Crippen molar-refractivity contribution in [1.29, 1.82) is 0 Å². The molecule has 3 unspecified atom stereocenters. The smallest absolute Gasteiger partial charge is 0.0247 e. The Morgan fingerprint density at radius 2 is 2.07 bits per heavy atom. The molecule has 15 heavy (non-hydrogen) atoms. The van der Waals surface area contributed by atoms with E-state index in [2.05, 4.69) is 37.6 Å². The maximum Gasteiger partial charge on any atom is 0.0247 e. The minimum absolute atomic E-state index is 0.568. The van der Waals surface area contributed by atoms with E-state index in [4.69, 9.17) is 5.73 Å². The molecule has 0 aliphatic carbocycles. The summed E-state index contributed by atoms with van der Waals surface area (Å²) in [5.74, 6) is 0.709. The molecule has 1 aliphatic rings. The Bertz CT molecular complexity index is 184. The van der Waals surface area contributed by atoms with Crippen LogP contribution in [-0.2, 0) is 0 Å². The van der Waals surface area contributed by atoms with Gasteiger partial charge < -0.3 is 10.6 Å². The molecule has 2 N–H and O–H groups in total. The Balaban J connectivity index is 2.59. The van der Waals surface area contributed by atoms with Gasteiger partial charge in [0.05, 0.1) is 0 Å². The van der Waals surface area contributed by atoms with Crippen molar-refractivity contribution in [2.45, 2.75) is 39.3 Å². The Labute approximate surface area is 94.6 Å². The summed E-state index contributed by atoms with van der Waals surface area (Å²) >= 11 is 0. The summed E-state index contributed by atoms with van der Waals surface area (Å²) in [5, 5.41) is 0. The number of rotatable bonds is 4. The predicted octanol–water partition coefficient (Wildman–Crippen LogP) is 0.996. The van der Waals surface area contributed by atoms with Crippen LogP contribution in [0, 0.1) is 5.92 Å². The number of nitrogens with two attached hydrogens (primary N) is 1. The van der Waals surface area contributed by atoms with Gasteiger partial charge in [-0.2, -0.15) is 0 Å². The summed E-state index contributed by atoms with van der Waals surface area (Å²) in [6.45, 7) is 11.2. The average Bonchev–Trinajstić information content (AvgIpc) is 2.21. The van der Waals surface area contributed by atoms with E-state index in [1.165, 1.54) is 26.1 Å². The van der Waals surface area contributed by atoms with Crippen molar-refractivity contribution < 1.29 is 0 Å². The van der Waals surface area contributed by atoms with E-state index in [1.807, 2.05) is 0 Å². The second kappa shape index (κ2) is 5.83. The highest BCUT2D eigenvalue weighted by Crippen LogP contribution is 2.19. The monoisotopic (exact) mass is 213 g/mol. The highest BCUT2D eigenvalue weighted by molar-refractivity contribution is 4.86. The van der Waals surface area contributed by atoms with Gasteiger partial charge in [0.15, 0.2) is 0 Å². The first-order valence-electron chi connectivity index (χ1n) is 6.24. The van der Waals surface area contributed by atoms with Crippen LogP contribution in [-0.4, -0.2) is 55.1 Å². The molecule has 0 bridgehead atoms. The third-order valence-corrected chi connectivity index (χ3v) is 3.85. The third-order valence-electron chi connectivity index (χ3n) is 3.85. The standard InChI is InChI=1S/C12H27N3/c1-5-10(2)12(8-13)15-7-6-14(4)9-11(15)3/h10-12H,5-9,13H2,1-4H3. The maximum atomic E-state index is 5.92. The van der Waals surface area contributed by atoms with Gasteiger partial charge >= 0.3 is 0 Å². The van der Waals surface area contributed by atoms with Crippen molar-refractivity contribution in [1.82, 2.24) is 9.80 Å². The molecular formula is C12H27N3. The molecule has 0 aromatic heterocycles. The van der Waals surface area contributed by atoms with Gasteiger partial charge in [-0.15, -0.1) is 0 Å². The number of nitrogens with zero attached hydrogens (tertiary/aromatic N) is 2. The number of likely N-dealkylation sites (N-methyl/N-ethyl adjacent to an activating group) is 1. The molecule has 0 spiro atoms. The lowest BCUT2D eigenvalue weighted by Gasteiger charge is -2.44. The summed E-state index contributed by atoms with van der Waals surface area (Å²) in [5.41, 5.74) is 5.92. The quantitative estimate of drug-likeness (QED) is 0.756. The molecule has 1 heterocycles. The molecule has 1 aliphatic heterocycles. The van der Waals surface area contributed by atoms with Gasteiger partial charge in [-0.25, -0.2) is 0 Å². The molecule has 0 aromatic rings. The van der Waals surface area contributed by atoms with Crippen molar-refractivity contribution in [3.05, 3.63) is 0 Å². The van der Waals surface area contributed by atoms with Crippen molar-refractivity contribution in [2.75, 3.05) is 33.2 Å². The van der Waals surface area contributed by atoms with E-state index in [0.717, 1.165) is 6.54 Å². The van der Waals surface area contributed by atoms with Crippen LogP contribution < -0.4 is 5.73 Å². The molecule has 3 atom stereocenters. The molecule has 0 saturated carbocycles.